The Labute approximate surface area is 81.2 Å². The maximum Gasteiger partial charge on any atom is 0.269 e. The maximum absolute atomic E-state index is 10.3. The molecule has 0 fully saturated rings. The first-order chi connectivity index (χ1) is 6.74. The summed E-state index contributed by atoms with van der Waals surface area (Å²) in [5.41, 5.74) is 0.924. The fraction of sp³-hybridized carbons (Fsp3) is 0.100. The average Bonchev–Trinajstić information content (AvgIpc) is 2.19. The maximum atomic E-state index is 10.3. The summed E-state index contributed by atoms with van der Waals surface area (Å²) in [5.74, 6) is 0. The van der Waals surface area contributed by atoms with Gasteiger partial charge >= 0.3 is 0 Å². The van der Waals surface area contributed by atoms with E-state index in [1.807, 2.05) is 6.07 Å². The van der Waals surface area contributed by atoms with Gasteiger partial charge in [-0.15, -0.1) is 0 Å². The molecule has 0 aliphatic rings. The molecule has 1 rings (SSSR count). The van der Waals surface area contributed by atoms with Crippen molar-refractivity contribution >= 4 is 11.8 Å². The molecular weight excluding hydrogens is 179 g/mol. The smallest absolute Gasteiger partial charge is 0.258 e. The number of hydrogen-bond donors (Lipinski definition) is 0. The van der Waals surface area contributed by atoms with Gasteiger partial charge in [0.25, 0.3) is 5.69 Å². The van der Waals surface area contributed by atoms with Crippen molar-refractivity contribution in [2.24, 2.45) is 0 Å². The van der Waals surface area contributed by atoms with E-state index in [4.69, 9.17) is 5.26 Å². The second kappa shape index (κ2) is 4.77. The number of nitrogens with zero attached hydrogens (tertiary/aromatic N) is 2. The highest BCUT2D eigenvalue weighted by Crippen LogP contribution is 2.12. The van der Waals surface area contributed by atoms with Gasteiger partial charge in [-0.2, -0.15) is 5.26 Å². The average molecular weight is 187 g/mol. The third kappa shape index (κ3) is 2.72. The Balaban J connectivity index is 2.74. The van der Waals surface area contributed by atoms with E-state index < -0.39 is 4.92 Å². The van der Waals surface area contributed by atoms with Crippen molar-refractivity contribution in [1.82, 2.24) is 0 Å². The van der Waals surface area contributed by atoms with Gasteiger partial charge in [-0.3, -0.25) is 10.1 Å². The van der Waals surface area contributed by atoms with Crippen molar-refractivity contribution in [2.45, 2.75) is 6.42 Å². The summed E-state index contributed by atoms with van der Waals surface area (Å²) in [7, 11) is 0. The van der Waals surface area contributed by atoms with Crippen LogP contribution in [0.3, 0.4) is 0 Å². The van der Waals surface area contributed by atoms with Crippen LogP contribution in [0.4, 0.5) is 5.69 Å². The molecule has 0 saturated heterocycles. The molecule has 14 heavy (non-hydrogen) atoms. The normalized spacial score (nSPS) is 9.93. The molecule has 1 aromatic rings. The molecule has 0 amide bonds. The third-order valence-corrected chi connectivity index (χ3v) is 1.62. The summed E-state index contributed by atoms with van der Waals surface area (Å²) < 4.78 is 0. The fourth-order valence-electron chi connectivity index (χ4n) is 0.955. The first-order valence-electron chi connectivity index (χ1n) is 4.02. The predicted molar refractivity (Wildman–Crippen MR) is 52.4 cm³/mol. The third-order valence-electron chi connectivity index (χ3n) is 1.62. The second-order valence-corrected chi connectivity index (χ2v) is 2.61. The van der Waals surface area contributed by atoms with Crippen LogP contribution in [0.5, 0.6) is 0 Å². The van der Waals surface area contributed by atoms with Gasteiger partial charge in [0.15, 0.2) is 0 Å². The van der Waals surface area contributed by atoms with Crippen molar-refractivity contribution in [3.63, 3.8) is 0 Å². The highest BCUT2D eigenvalue weighted by molar-refractivity contribution is 5.51. The van der Waals surface area contributed by atoms with Crippen LogP contribution in [-0.4, -0.2) is 4.92 Å². The molecule has 0 aliphatic heterocycles. The molecule has 4 heteroatoms. The van der Waals surface area contributed by atoms with Crippen LogP contribution in [0.2, 0.25) is 0 Å². The molecule has 0 spiro atoms. The van der Waals surface area contributed by atoms with Crippen LogP contribution < -0.4 is 0 Å². The Hall–Kier alpha value is -2.15. The molecule has 0 saturated carbocycles. The molecule has 0 unspecified atom stereocenters. The highest BCUT2D eigenvalue weighted by Gasteiger charge is 2.01. The highest BCUT2D eigenvalue weighted by atomic mass is 16.6. The molecule has 0 radical (unpaired) electrons. The molecule has 0 atom stereocenters. The fourth-order valence-corrected chi connectivity index (χ4v) is 0.955. The molecule has 0 bridgehead atoms. The second-order valence-electron chi connectivity index (χ2n) is 2.61. The lowest BCUT2D eigenvalue weighted by molar-refractivity contribution is -0.384. The number of nitriles is 1. The summed E-state index contributed by atoms with van der Waals surface area (Å²) in [4.78, 5) is 9.88. The van der Waals surface area contributed by atoms with E-state index in [2.05, 4.69) is 0 Å². The largest absolute Gasteiger partial charge is 0.269 e. The van der Waals surface area contributed by atoms with Crippen LogP contribution in [0, 0.1) is 21.4 Å². The number of non-ortho nitro benzene ring substituents is 1. The van der Waals surface area contributed by atoms with E-state index in [9.17, 15) is 10.1 Å². The molecule has 1 aromatic carbocycles. The first kappa shape index (κ1) is 9.93. The number of rotatable bonds is 3. The Morgan fingerprint density at radius 2 is 2.07 bits per heavy atom. The van der Waals surface area contributed by atoms with Crippen LogP contribution in [0.15, 0.2) is 30.3 Å². The summed E-state index contributed by atoms with van der Waals surface area (Å²) in [6, 6.07) is 8.14. The summed E-state index contributed by atoms with van der Waals surface area (Å²) in [5, 5.41) is 18.6. The van der Waals surface area contributed by atoms with Gasteiger partial charge in [-0.25, -0.2) is 0 Å². The quantitative estimate of drug-likeness (QED) is 0.539. The molecule has 0 aromatic heterocycles. The van der Waals surface area contributed by atoms with Crippen LogP contribution in [0.1, 0.15) is 12.0 Å². The lowest BCUT2D eigenvalue weighted by Crippen LogP contribution is -1.86. The monoisotopic (exact) mass is 187 g/mol. The van der Waals surface area contributed by atoms with E-state index >= 15 is 0 Å². The van der Waals surface area contributed by atoms with Gasteiger partial charge in [-0.05, 0) is 17.7 Å². The van der Waals surface area contributed by atoms with Crippen molar-refractivity contribution in [2.75, 3.05) is 0 Å². The predicted octanol–water partition coefficient (Wildman–Crippen LogP) is 2.52. The Bertz CT molecular complexity index is 388. The van der Waals surface area contributed by atoms with E-state index in [0.29, 0.717) is 6.42 Å². The standard InChI is InChI=1S/C10H8N2O2/c11-8-2-1-3-9-4-6-10(7-5-9)12(13)14/h1,3-7H,2H2/b3-1+/i8-1. The van der Waals surface area contributed by atoms with Crippen molar-refractivity contribution in [3.05, 3.63) is 46.0 Å². The summed E-state index contributed by atoms with van der Waals surface area (Å²) in [6.45, 7) is 0. The zero-order valence-corrected chi connectivity index (χ0v) is 7.38. The van der Waals surface area contributed by atoms with Crippen LogP contribution in [-0.2, 0) is 0 Å². The molecule has 0 heterocycles. The lowest BCUT2D eigenvalue weighted by Gasteiger charge is -1.92. The first-order valence-corrected chi connectivity index (χ1v) is 4.02. The number of benzene rings is 1. The number of nitro benzene ring substituents is 1. The minimum Gasteiger partial charge on any atom is -0.258 e. The summed E-state index contributed by atoms with van der Waals surface area (Å²) >= 11 is 0. The zero-order valence-electron chi connectivity index (χ0n) is 7.38. The van der Waals surface area contributed by atoms with Gasteiger partial charge in [0, 0.05) is 12.1 Å². The van der Waals surface area contributed by atoms with E-state index in [-0.39, 0.29) is 5.69 Å². The lowest BCUT2D eigenvalue weighted by atomic mass is 10.1. The van der Waals surface area contributed by atoms with E-state index in [1.54, 1.807) is 24.3 Å². The summed E-state index contributed by atoms with van der Waals surface area (Å²) in [6.07, 6.45) is 3.81. The van der Waals surface area contributed by atoms with Gasteiger partial charge in [0.05, 0.1) is 17.4 Å². The van der Waals surface area contributed by atoms with E-state index in [1.165, 1.54) is 12.1 Å². The van der Waals surface area contributed by atoms with Gasteiger partial charge in [0.1, 0.15) is 0 Å². The van der Waals surface area contributed by atoms with Gasteiger partial charge in [0.2, 0.25) is 0 Å². The molecule has 4 nitrogen and oxygen atoms in total. The number of hydrogen-bond acceptors (Lipinski definition) is 3. The molecular formula is C10H8N2O2. The van der Waals surface area contributed by atoms with Crippen LogP contribution >= 0.6 is 0 Å². The zero-order chi connectivity index (χ0) is 10.4. The SMILES string of the molecule is N#[11C]C/C=C/c1ccc([N+](=O)[O-])cc1. The Morgan fingerprint density at radius 1 is 1.43 bits per heavy atom. The van der Waals surface area contributed by atoms with E-state index in [0.717, 1.165) is 5.56 Å². The van der Waals surface area contributed by atoms with Crippen LogP contribution in [0.25, 0.3) is 6.08 Å². The Morgan fingerprint density at radius 3 is 2.57 bits per heavy atom. The van der Waals surface area contributed by atoms with Crippen molar-refractivity contribution < 1.29 is 4.92 Å². The minimum absolute atomic E-state index is 0.0717. The number of allylic oxidation sites excluding steroid dienone is 1. The molecule has 0 aliphatic carbocycles. The van der Waals surface area contributed by atoms with Crippen molar-refractivity contribution in [1.29, 1.82) is 5.26 Å². The van der Waals surface area contributed by atoms with Crippen molar-refractivity contribution in [3.8, 4) is 6.07 Å². The van der Waals surface area contributed by atoms with Gasteiger partial charge in [-0.1, -0.05) is 12.2 Å². The molecule has 0 N–H and O–H groups in total. The minimum atomic E-state index is -0.442. The topological polar surface area (TPSA) is 66.9 Å². The number of nitro groups is 1. The van der Waals surface area contributed by atoms with Gasteiger partial charge < -0.3 is 0 Å². The molecule has 70 valence electrons. The Kier molecular flexibility index (Phi) is 3.39.